The Hall–Kier alpha value is -1.15. The third-order valence-corrected chi connectivity index (χ3v) is 5.48. The Bertz CT molecular complexity index is 677. The molecule has 1 aliphatic rings. The highest BCUT2D eigenvalue weighted by atomic mass is 127. The summed E-state index contributed by atoms with van der Waals surface area (Å²) in [6, 6.07) is 0. The van der Waals surface area contributed by atoms with Gasteiger partial charge < -0.3 is 19.9 Å². The Morgan fingerprint density at radius 1 is 1.19 bits per heavy atom. The molecule has 0 radical (unpaired) electrons. The molecule has 0 unspecified atom stereocenters. The van der Waals surface area contributed by atoms with Crippen molar-refractivity contribution in [2.24, 2.45) is 18.0 Å². The van der Waals surface area contributed by atoms with E-state index in [1.54, 1.807) is 0 Å². The quantitative estimate of drug-likeness (QED) is 0.183. The van der Waals surface area contributed by atoms with Crippen molar-refractivity contribution in [3.8, 4) is 0 Å². The summed E-state index contributed by atoms with van der Waals surface area (Å²) < 4.78 is 44.9. The van der Waals surface area contributed by atoms with Crippen LogP contribution in [0.5, 0.6) is 0 Å². The number of aryl methyl sites for hydroxylation is 1. The Balaban J connectivity index is 0.00000512. The van der Waals surface area contributed by atoms with Crippen molar-refractivity contribution in [1.29, 1.82) is 0 Å². The van der Waals surface area contributed by atoms with E-state index in [0.717, 1.165) is 50.4 Å². The van der Waals surface area contributed by atoms with Crippen molar-refractivity contribution in [2.45, 2.75) is 52.3 Å². The van der Waals surface area contributed by atoms with E-state index in [9.17, 15) is 13.2 Å². The van der Waals surface area contributed by atoms with Gasteiger partial charge in [0, 0.05) is 33.4 Å². The molecule has 186 valence electrons. The second-order valence-electron chi connectivity index (χ2n) is 7.91. The molecular weight excluding hydrogens is 538 g/mol. The second kappa shape index (κ2) is 14.9. The minimum absolute atomic E-state index is 0. The zero-order chi connectivity index (χ0) is 22.7. The van der Waals surface area contributed by atoms with Crippen molar-refractivity contribution in [3.63, 3.8) is 0 Å². The number of alkyl halides is 3. The molecule has 0 amide bonds. The molecule has 0 bridgehead atoms. The molecule has 0 aliphatic carbocycles. The zero-order valence-corrected chi connectivity index (χ0v) is 21.6. The van der Waals surface area contributed by atoms with Gasteiger partial charge in [-0.2, -0.15) is 13.2 Å². The summed E-state index contributed by atoms with van der Waals surface area (Å²) in [5.74, 6) is 2.75. The highest BCUT2D eigenvalue weighted by Crippen LogP contribution is 2.23. The summed E-state index contributed by atoms with van der Waals surface area (Å²) >= 11 is 0. The van der Waals surface area contributed by atoms with E-state index in [0.29, 0.717) is 44.7 Å². The number of hydrogen-bond acceptors (Lipinski definition) is 5. The number of aliphatic imine (C=N–C) groups is 1. The van der Waals surface area contributed by atoms with Gasteiger partial charge in [0.15, 0.2) is 11.8 Å². The summed E-state index contributed by atoms with van der Waals surface area (Å²) in [4.78, 5) is 6.12. The highest BCUT2D eigenvalue weighted by Gasteiger charge is 2.32. The van der Waals surface area contributed by atoms with Crippen LogP contribution in [0.1, 0.15) is 44.3 Å². The van der Waals surface area contributed by atoms with Crippen LogP contribution in [0.15, 0.2) is 4.99 Å². The first-order chi connectivity index (χ1) is 14.8. The number of ether oxygens (including phenoxy) is 1. The fourth-order valence-corrected chi connectivity index (χ4v) is 3.52. The largest absolute Gasteiger partial charge is 0.401 e. The first kappa shape index (κ1) is 28.9. The van der Waals surface area contributed by atoms with Crippen LogP contribution >= 0.6 is 24.0 Å². The van der Waals surface area contributed by atoms with E-state index in [-0.39, 0.29) is 24.0 Å². The molecule has 2 heterocycles. The normalized spacial score (nSPS) is 16.1. The van der Waals surface area contributed by atoms with Gasteiger partial charge in [-0.25, -0.2) is 4.99 Å². The number of aromatic nitrogens is 3. The van der Waals surface area contributed by atoms with Crippen LogP contribution in [0, 0.1) is 12.8 Å². The minimum atomic E-state index is -4.12. The predicted molar refractivity (Wildman–Crippen MR) is 129 cm³/mol. The van der Waals surface area contributed by atoms with Gasteiger partial charge in [0.05, 0.1) is 6.54 Å². The van der Waals surface area contributed by atoms with Gasteiger partial charge in [-0.3, -0.25) is 4.90 Å². The lowest BCUT2D eigenvalue weighted by molar-refractivity contribution is -0.148. The summed E-state index contributed by atoms with van der Waals surface area (Å²) in [5, 5.41) is 14.9. The molecule has 1 fully saturated rings. The van der Waals surface area contributed by atoms with Gasteiger partial charge in [0.1, 0.15) is 12.4 Å². The van der Waals surface area contributed by atoms with Gasteiger partial charge in [0.25, 0.3) is 0 Å². The molecule has 2 rings (SSSR count). The summed E-state index contributed by atoms with van der Waals surface area (Å²) in [6.45, 7) is 7.33. The van der Waals surface area contributed by atoms with Crippen LogP contribution in [-0.2, 0) is 18.3 Å². The van der Waals surface area contributed by atoms with E-state index < -0.39 is 12.7 Å². The zero-order valence-electron chi connectivity index (χ0n) is 19.2. The van der Waals surface area contributed by atoms with E-state index in [1.165, 1.54) is 4.90 Å². The fourth-order valence-electron chi connectivity index (χ4n) is 3.52. The molecule has 32 heavy (non-hydrogen) atoms. The molecule has 8 nitrogen and oxygen atoms in total. The van der Waals surface area contributed by atoms with E-state index in [4.69, 9.17) is 4.74 Å². The van der Waals surface area contributed by atoms with Gasteiger partial charge in [0.2, 0.25) is 0 Å². The standard InChI is InChI=1S/C20H36F3N7O.HI/c1-4-31-13-5-9-24-19(26-14-18-28-27-16(2)29(18)3)25-10-6-17-7-11-30(12-8-17)15-20(21,22)23;/h17H,4-15H2,1-3H3,(H2,24,25,26);1H. The first-order valence-corrected chi connectivity index (χ1v) is 11.0. The lowest BCUT2D eigenvalue weighted by Crippen LogP contribution is -2.42. The Labute approximate surface area is 205 Å². The molecular formula is C20H37F3IN7O. The summed E-state index contributed by atoms with van der Waals surface area (Å²) in [5.41, 5.74) is 0. The first-order valence-electron chi connectivity index (χ1n) is 11.0. The highest BCUT2D eigenvalue weighted by molar-refractivity contribution is 14.0. The molecule has 12 heteroatoms. The van der Waals surface area contributed by atoms with Crippen molar-refractivity contribution < 1.29 is 17.9 Å². The minimum Gasteiger partial charge on any atom is -0.382 e. The van der Waals surface area contributed by atoms with Gasteiger partial charge in [-0.05, 0) is 58.5 Å². The average molecular weight is 575 g/mol. The smallest absolute Gasteiger partial charge is 0.382 e. The van der Waals surface area contributed by atoms with Crippen molar-refractivity contribution in [3.05, 3.63) is 11.6 Å². The monoisotopic (exact) mass is 575 g/mol. The van der Waals surface area contributed by atoms with Gasteiger partial charge in [-0.15, -0.1) is 34.2 Å². The summed E-state index contributed by atoms with van der Waals surface area (Å²) in [7, 11) is 1.91. The number of nitrogens with zero attached hydrogens (tertiary/aromatic N) is 5. The van der Waals surface area contributed by atoms with Crippen molar-refractivity contribution >= 4 is 29.9 Å². The number of nitrogens with one attached hydrogen (secondary N) is 2. The average Bonchev–Trinajstić information content (AvgIpc) is 3.03. The van der Waals surface area contributed by atoms with Crippen LogP contribution < -0.4 is 10.6 Å². The van der Waals surface area contributed by atoms with E-state index in [2.05, 4.69) is 25.8 Å². The molecule has 0 spiro atoms. The molecule has 1 aliphatic heterocycles. The molecule has 0 aromatic carbocycles. The third-order valence-electron chi connectivity index (χ3n) is 5.48. The topological polar surface area (TPSA) is 79.6 Å². The fraction of sp³-hybridized carbons (Fsp3) is 0.850. The number of rotatable bonds is 11. The molecule has 1 aromatic rings. The Morgan fingerprint density at radius 2 is 1.88 bits per heavy atom. The SMILES string of the molecule is CCOCCCNC(=NCc1nnc(C)n1C)NCCC1CCN(CC(F)(F)F)CC1.I. The number of piperidine rings is 1. The number of likely N-dealkylation sites (tertiary alicyclic amines) is 1. The van der Waals surface area contributed by atoms with Crippen molar-refractivity contribution in [2.75, 3.05) is 45.9 Å². The van der Waals surface area contributed by atoms with Crippen LogP contribution in [0.25, 0.3) is 0 Å². The van der Waals surface area contributed by atoms with Crippen LogP contribution in [0.2, 0.25) is 0 Å². The maximum atomic E-state index is 12.5. The molecule has 0 atom stereocenters. The van der Waals surface area contributed by atoms with Crippen LogP contribution in [0.4, 0.5) is 13.2 Å². The van der Waals surface area contributed by atoms with E-state index >= 15 is 0 Å². The molecule has 1 aromatic heterocycles. The Morgan fingerprint density at radius 3 is 2.47 bits per heavy atom. The molecule has 1 saturated heterocycles. The Kier molecular flexibility index (Phi) is 13.4. The second-order valence-corrected chi connectivity index (χ2v) is 7.91. The number of halogens is 4. The van der Waals surface area contributed by atoms with Crippen LogP contribution in [0.3, 0.4) is 0 Å². The third kappa shape index (κ3) is 11.1. The van der Waals surface area contributed by atoms with Crippen molar-refractivity contribution in [1.82, 2.24) is 30.3 Å². The predicted octanol–water partition coefficient (Wildman–Crippen LogP) is 2.87. The van der Waals surface area contributed by atoms with Gasteiger partial charge >= 0.3 is 6.18 Å². The lowest BCUT2D eigenvalue weighted by Gasteiger charge is -2.32. The molecule has 2 N–H and O–H groups in total. The lowest BCUT2D eigenvalue weighted by atomic mass is 9.93. The number of guanidine groups is 1. The van der Waals surface area contributed by atoms with Gasteiger partial charge in [-0.1, -0.05) is 0 Å². The molecule has 0 saturated carbocycles. The maximum Gasteiger partial charge on any atom is 0.401 e. The maximum absolute atomic E-state index is 12.5. The van der Waals surface area contributed by atoms with E-state index in [1.807, 2.05) is 25.5 Å². The number of hydrogen-bond donors (Lipinski definition) is 2. The van der Waals surface area contributed by atoms with Crippen LogP contribution in [-0.4, -0.2) is 77.7 Å². The summed E-state index contributed by atoms with van der Waals surface area (Å²) in [6.07, 6.45) is -0.749.